The maximum Gasteiger partial charge on any atom is 0.234 e. The van der Waals surface area contributed by atoms with Crippen LogP contribution in [-0.4, -0.2) is 26.2 Å². The Kier molecular flexibility index (Phi) is 3.48. The van der Waals surface area contributed by atoms with Crippen LogP contribution < -0.4 is 0 Å². The van der Waals surface area contributed by atoms with Crippen LogP contribution in [0.5, 0.6) is 0 Å². The molecule has 11 heavy (non-hydrogen) atoms. The minimum atomic E-state index is -1.75. The van der Waals surface area contributed by atoms with Crippen molar-refractivity contribution in [3.63, 3.8) is 0 Å². The minimum absolute atomic E-state index is 0.692. The quantitative estimate of drug-likeness (QED) is 0.642. The smallest absolute Gasteiger partial charge is 0.234 e. The normalized spacial score (nSPS) is 20.6. The third kappa shape index (κ3) is 3.31. The lowest BCUT2D eigenvalue weighted by Gasteiger charge is -2.15. The monoisotopic (exact) mass is 177 g/mol. The molecule has 1 rings (SSSR count). The molecule has 1 saturated carbocycles. The first-order valence-corrected chi connectivity index (χ1v) is 5.16. The summed E-state index contributed by atoms with van der Waals surface area (Å²) in [7, 11) is 0. The van der Waals surface area contributed by atoms with Gasteiger partial charge in [0.1, 0.15) is 0 Å². The molecule has 1 fully saturated rings. The summed E-state index contributed by atoms with van der Waals surface area (Å²) in [6.07, 6.45) is 3.41. The van der Waals surface area contributed by atoms with Gasteiger partial charge in [-0.05, 0) is 25.2 Å². The van der Waals surface area contributed by atoms with E-state index < -0.39 is 11.3 Å². The Morgan fingerprint density at radius 2 is 2.27 bits per heavy atom. The van der Waals surface area contributed by atoms with Gasteiger partial charge in [0.15, 0.2) is 0 Å². The van der Waals surface area contributed by atoms with Gasteiger partial charge in [0.2, 0.25) is 11.3 Å². The van der Waals surface area contributed by atoms with Crippen molar-refractivity contribution in [3.05, 3.63) is 0 Å². The maximum atomic E-state index is 10.7. The molecule has 1 aliphatic carbocycles. The minimum Gasteiger partial charge on any atom is -0.294 e. The Balaban J connectivity index is 2.24. The average Bonchev–Trinajstić information content (AvgIpc) is 2.70. The van der Waals surface area contributed by atoms with E-state index in [-0.39, 0.29) is 0 Å². The Morgan fingerprint density at radius 3 is 2.64 bits per heavy atom. The summed E-state index contributed by atoms with van der Waals surface area (Å²) in [4.78, 5) is 0. The first-order valence-electron chi connectivity index (χ1n) is 4.10. The van der Waals surface area contributed by atoms with Gasteiger partial charge in [0.05, 0.1) is 0 Å². The molecule has 66 valence electrons. The fourth-order valence-electron chi connectivity index (χ4n) is 1.07. The molecule has 0 radical (unpaired) electrons. The third-order valence-electron chi connectivity index (χ3n) is 1.85. The van der Waals surface area contributed by atoms with Crippen molar-refractivity contribution < 1.29 is 8.76 Å². The highest BCUT2D eigenvalue weighted by Gasteiger charge is 2.25. The zero-order valence-corrected chi connectivity index (χ0v) is 7.64. The molecule has 0 amide bonds. The highest BCUT2D eigenvalue weighted by Crippen LogP contribution is 2.29. The molecule has 0 heterocycles. The van der Waals surface area contributed by atoms with E-state index >= 15 is 0 Å². The van der Waals surface area contributed by atoms with Crippen molar-refractivity contribution in [3.8, 4) is 0 Å². The van der Waals surface area contributed by atoms with Gasteiger partial charge < -0.3 is 0 Å². The molecular formula is C7H15NO2S. The van der Waals surface area contributed by atoms with E-state index in [1.165, 1.54) is 12.8 Å². The largest absolute Gasteiger partial charge is 0.294 e. The molecule has 1 aliphatic rings. The van der Waals surface area contributed by atoms with Gasteiger partial charge in [-0.2, -0.15) is 0 Å². The first-order chi connectivity index (χ1) is 5.24. The zero-order valence-electron chi connectivity index (χ0n) is 6.82. The fraction of sp³-hybridized carbons (Fsp3) is 1.00. The van der Waals surface area contributed by atoms with Crippen LogP contribution in [0.3, 0.4) is 0 Å². The van der Waals surface area contributed by atoms with Crippen molar-refractivity contribution in [2.45, 2.75) is 26.2 Å². The maximum absolute atomic E-state index is 10.7. The van der Waals surface area contributed by atoms with Crippen LogP contribution in [0.1, 0.15) is 26.2 Å². The first kappa shape index (κ1) is 9.16. The van der Waals surface area contributed by atoms with Gasteiger partial charge >= 0.3 is 0 Å². The lowest BCUT2D eigenvalue weighted by Crippen LogP contribution is -2.28. The van der Waals surface area contributed by atoms with Crippen LogP contribution in [0.15, 0.2) is 0 Å². The molecule has 0 bridgehead atoms. The Morgan fingerprint density at radius 1 is 1.64 bits per heavy atom. The van der Waals surface area contributed by atoms with Crippen molar-refractivity contribution >= 4 is 11.3 Å². The standard InChI is InChI=1S/C7H15NO2S/c1-2-5-8(11(9)10)6-7-3-4-7/h7H,2-6H2,1H3,(H,9,10). The van der Waals surface area contributed by atoms with Gasteiger partial charge in [-0.15, -0.1) is 0 Å². The molecule has 0 aromatic heterocycles. The molecule has 3 nitrogen and oxygen atoms in total. The van der Waals surface area contributed by atoms with E-state index in [1.807, 2.05) is 6.92 Å². The molecular weight excluding hydrogens is 162 g/mol. The Hall–Kier alpha value is 0.0700. The summed E-state index contributed by atoms with van der Waals surface area (Å²) in [5, 5.41) is 0. The van der Waals surface area contributed by atoms with Gasteiger partial charge in [0, 0.05) is 13.1 Å². The molecule has 0 saturated heterocycles. The van der Waals surface area contributed by atoms with Crippen molar-refractivity contribution in [1.82, 2.24) is 4.31 Å². The fourth-order valence-corrected chi connectivity index (χ4v) is 1.75. The van der Waals surface area contributed by atoms with Crippen molar-refractivity contribution in [2.24, 2.45) is 5.92 Å². The summed E-state index contributed by atoms with van der Waals surface area (Å²) in [6, 6.07) is 0. The lowest BCUT2D eigenvalue weighted by atomic mass is 10.4. The van der Waals surface area contributed by atoms with Crippen molar-refractivity contribution in [1.29, 1.82) is 0 Å². The van der Waals surface area contributed by atoms with Gasteiger partial charge in [0.25, 0.3) is 0 Å². The Bertz CT molecular complexity index is 147. The van der Waals surface area contributed by atoms with Gasteiger partial charge in [-0.1, -0.05) is 6.92 Å². The number of nitrogens with zero attached hydrogens (tertiary/aromatic N) is 1. The predicted molar refractivity (Wildman–Crippen MR) is 45.4 cm³/mol. The average molecular weight is 177 g/mol. The zero-order chi connectivity index (χ0) is 8.27. The number of rotatable bonds is 5. The van der Waals surface area contributed by atoms with Gasteiger partial charge in [-0.3, -0.25) is 4.55 Å². The van der Waals surface area contributed by atoms with Crippen LogP contribution >= 0.6 is 0 Å². The molecule has 4 heteroatoms. The summed E-state index contributed by atoms with van der Waals surface area (Å²) >= 11 is -1.75. The van der Waals surface area contributed by atoms with E-state index in [4.69, 9.17) is 4.55 Å². The molecule has 1 atom stereocenters. The summed E-state index contributed by atoms with van der Waals surface area (Å²) in [5.41, 5.74) is 0. The summed E-state index contributed by atoms with van der Waals surface area (Å²) in [5.74, 6) is 0.692. The topological polar surface area (TPSA) is 40.5 Å². The van der Waals surface area contributed by atoms with Crippen LogP contribution in [0, 0.1) is 5.92 Å². The molecule has 0 aromatic carbocycles. The number of hydrogen-bond acceptors (Lipinski definition) is 1. The second kappa shape index (κ2) is 4.18. The van der Waals surface area contributed by atoms with Crippen molar-refractivity contribution in [2.75, 3.05) is 13.1 Å². The molecule has 1 unspecified atom stereocenters. The predicted octanol–water partition coefficient (Wildman–Crippen LogP) is 1.25. The van der Waals surface area contributed by atoms with Crippen LogP contribution in [0.2, 0.25) is 0 Å². The Labute approximate surface area is 70.2 Å². The van der Waals surface area contributed by atoms with E-state index in [9.17, 15) is 4.21 Å². The van der Waals surface area contributed by atoms with E-state index in [0.717, 1.165) is 19.5 Å². The summed E-state index contributed by atoms with van der Waals surface area (Å²) in [6.45, 7) is 3.56. The number of hydrogen-bond donors (Lipinski definition) is 1. The van der Waals surface area contributed by atoms with E-state index in [2.05, 4.69) is 0 Å². The molecule has 1 N–H and O–H groups in total. The molecule has 0 spiro atoms. The highest BCUT2D eigenvalue weighted by atomic mass is 32.2. The second-order valence-corrected chi connectivity index (χ2v) is 4.04. The van der Waals surface area contributed by atoms with Gasteiger partial charge in [-0.25, -0.2) is 8.51 Å². The van der Waals surface area contributed by atoms with E-state index in [1.54, 1.807) is 4.31 Å². The van der Waals surface area contributed by atoms with Crippen LogP contribution in [-0.2, 0) is 11.3 Å². The lowest BCUT2D eigenvalue weighted by molar-refractivity contribution is 0.383. The highest BCUT2D eigenvalue weighted by molar-refractivity contribution is 7.76. The molecule has 0 aromatic rings. The second-order valence-electron chi connectivity index (χ2n) is 3.06. The van der Waals surface area contributed by atoms with Crippen LogP contribution in [0.25, 0.3) is 0 Å². The third-order valence-corrected chi connectivity index (χ3v) is 2.63. The SMILES string of the molecule is CCCN(CC1CC1)S(=O)O. The summed E-state index contributed by atoms with van der Waals surface area (Å²) < 4.78 is 21.1. The van der Waals surface area contributed by atoms with Crippen LogP contribution in [0.4, 0.5) is 0 Å². The molecule has 0 aliphatic heterocycles. The van der Waals surface area contributed by atoms with E-state index in [0.29, 0.717) is 5.92 Å².